The molecular weight excluding hydrogens is 316 g/mol. The van der Waals surface area contributed by atoms with Gasteiger partial charge in [-0.3, -0.25) is 9.59 Å². The van der Waals surface area contributed by atoms with E-state index in [0.29, 0.717) is 5.76 Å². The Bertz CT molecular complexity index is 762. The van der Waals surface area contributed by atoms with Crippen molar-refractivity contribution in [2.45, 2.75) is 32.2 Å². The molecule has 1 fully saturated rings. The summed E-state index contributed by atoms with van der Waals surface area (Å²) in [6.45, 7) is 4.64. The monoisotopic (exact) mass is 340 g/mol. The number of aryl methyl sites for hydroxylation is 1. The molecule has 0 bridgehead atoms. The fourth-order valence-corrected chi connectivity index (χ4v) is 3.20. The maximum Gasteiger partial charge on any atom is 0.287 e. The highest BCUT2D eigenvalue weighted by Crippen LogP contribution is 2.12. The average molecular weight is 340 g/mol. The lowest BCUT2D eigenvalue weighted by Crippen LogP contribution is -2.45. The lowest BCUT2D eigenvalue weighted by molar-refractivity contribution is 0.0879. The van der Waals surface area contributed by atoms with Crippen LogP contribution >= 0.6 is 0 Å². The minimum Gasteiger partial charge on any atom is -0.456 e. The van der Waals surface area contributed by atoms with Crippen LogP contribution in [-0.4, -0.2) is 36.5 Å². The van der Waals surface area contributed by atoms with E-state index in [1.165, 1.54) is 17.7 Å². The van der Waals surface area contributed by atoms with Crippen LogP contribution in [0.1, 0.15) is 34.7 Å². The molecule has 1 N–H and O–H groups in total. The van der Waals surface area contributed by atoms with Gasteiger partial charge in [0.05, 0.1) is 0 Å². The van der Waals surface area contributed by atoms with Crippen LogP contribution in [0.4, 0.5) is 0 Å². The van der Waals surface area contributed by atoms with Gasteiger partial charge in [0.15, 0.2) is 11.2 Å². The van der Waals surface area contributed by atoms with E-state index in [-0.39, 0.29) is 23.1 Å². The van der Waals surface area contributed by atoms with Gasteiger partial charge in [-0.05, 0) is 31.7 Å². The van der Waals surface area contributed by atoms with Crippen LogP contribution in [0.3, 0.4) is 0 Å². The van der Waals surface area contributed by atoms with E-state index in [0.717, 1.165) is 38.9 Å². The number of nitrogens with zero attached hydrogens (tertiary/aromatic N) is 1. The second-order valence-electron chi connectivity index (χ2n) is 6.59. The summed E-state index contributed by atoms with van der Waals surface area (Å²) >= 11 is 0. The van der Waals surface area contributed by atoms with E-state index in [1.807, 2.05) is 6.07 Å². The molecule has 1 aromatic heterocycles. The molecule has 0 saturated carbocycles. The summed E-state index contributed by atoms with van der Waals surface area (Å²) in [5.74, 6) is 0.244. The van der Waals surface area contributed by atoms with E-state index in [9.17, 15) is 9.59 Å². The van der Waals surface area contributed by atoms with Crippen LogP contribution in [0, 0.1) is 6.92 Å². The fraction of sp³-hybridized carbons (Fsp3) is 0.400. The Morgan fingerprint density at radius 3 is 2.60 bits per heavy atom. The van der Waals surface area contributed by atoms with E-state index in [4.69, 9.17) is 4.42 Å². The Kier molecular flexibility index (Phi) is 5.66. The van der Waals surface area contributed by atoms with Crippen molar-refractivity contribution in [1.29, 1.82) is 0 Å². The zero-order valence-electron chi connectivity index (χ0n) is 14.5. The van der Waals surface area contributed by atoms with Crippen molar-refractivity contribution >= 4 is 5.91 Å². The second-order valence-corrected chi connectivity index (χ2v) is 6.59. The molecule has 0 aliphatic carbocycles. The van der Waals surface area contributed by atoms with Gasteiger partial charge in [-0.1, -0.05) is 30.3 Å². The Balaban J connectivity index is 1.46. The number of likely N-dealkylation sites (tertiary alicyclic amines) is 1. The normalized spacial score (nSPS) is 15.9. The highest BCUT2D eigenvalue weighted by Gasteiger charge is 2.22. The van der Waals surface area contributed by atoms with Gasteiger partial charge in [0.25, 0.3) is 5.91 Å². The van der Waals surface area contributed by atoms with E-state index in [2.05, 4.69) is 34.5 Å². The van der Waals surface area contributed by atoms with Gasteiger partial charge < -0.3 is 14.6 Å². The van der Waals surface area contributed by atoms with Crippen molar-refractivity contribution in [3.8, 4) is 0 Å². The first-order chi connectivity index (χ1) is 12.1. The largest absolute Gasteiger partial charge is 0.456 e. The predicted molar refractivity (Wildman–Crippen MR) is 96.8 cm³/mol. The van der Waals surface area contributed by atoms with Gasteiger partial charge >= 0.3 is 0 Å². The number of rotatable bonds is 5. The lowest BCUT2D eigenvalue weighted by Gasteiger charge is -2.32. The van der Waals surface area contributed by atoms with Crippen LogP contribution in [-0.2, 0) is 6.42 Å². The summed E-state index contributed by atoms with van der Waals surface area (Å²) in [6.07, 6.45) is 2.87. The first kappa shape index (κ1) is 17.4. The van der Waals surface area contributed by atoms with Gasteiger partial charge in [0.2, 0.25) is 0 Å². The maximum absolute atomic E-state index is 12.3. The maximum atomic E-state index is 12.3. The van der Waals surface area contributed by atoms with Gasteiger partial charge in [0.1, 0.15) is 5.76 Å². The molecule has 2 aromatic rings. The molecule has 3 rings (SSSR count). The summed E-state index contributed by atoms with van der Waals surface area (Å²) in [7, 11) is 0. The van der Waals surface area contributed by atoms with E-state index < -0.39 is 0 Å². The minimum atomic E-state index is -0.302. The minimum absolute atomic E-state index is 0.0940. The highest BCUT2D eigenvalue weighted by molar-refractivity contribution is 5.91. The molecule has 5 nitrogen and oxygen atoms in total. The Morgan fingerprint density at radius 1 is 1.20 bits per heavy atom. The van der Waals surface area contributed by atoms with Gasteiger partial charge in [-0.2, -0.15) is 0 Å². The molecule has 25 heavy (non-hydrogen) atoms. The van der Waals surface area contributed by atoms with Crippen molar-refractivity contribution in [2.75, 3.05) is 19.6 Å². The SMILES string of the molecule is Cc1cc(=O)cc(C(=O)NC2CCN(CCc3ccccc3)CC2)o1. The first-order valence-electron chi connectivity index (χ1n) is 8.79. The summed E-state index contributed by atoms with van der Waals surface area (Å²) in [4.78, 5) is 26.2. The Morgan fingerprint density at radius 2 is 1.92 bits per heavy atom. The summed E-state index contributed by atoms with van der Waals surface area (Å²) in [6, 6.07) is 13.2. The van der Waals surface area contributed by atoms with Crippen LogP contribution in [0.25, 0.3) is 0 Å². The zero-order chi connectivity index (χ0) is 17.6. The van der Waals surface area contributed by atoms with E-state index in [1.54, 1.807) is 6.92 Å². The molecule has 0 atom stereocenters. The van der Waals surface area contributed by atoms with Crippen LogP contribution in [0.2, 0.25) is 0 Å². The fourth-order valence-electron chi connectivity index (χ4n) is 3.20. The molecule has 1 aliphatic heterocycles. The molecule has 0 radical (unpaired) electrons. The molecular formula is C20H24N2O3. The third kappa shape index (κ3) is 5.03. The van der Waals surface area contributed by atoms with Gasteiger partial charge in [0, 0.05) is 37.8 Å². The topological polar surface area (TPSA) is 62.6 Å². The average Bonchev–Trinajstić information content (AvgIpc) is 2.61. The molecule has 0 unspecified atom stereocenters. The zero-order valence-corrected chi connectivity index (χ0v) is 14.5. The Labute approximate surface area is 147 Å². The van der Waals surface area contributed by atoms with Crippen LogP contribution in [0.15, 0.2) is 51.7 Å². The van der Waals surface area contributed by atoms with Crippen molar-refractivity contribution in [1.82, 2.24) is 10.2 Å². The quantitative estimate of drug-likeness (QED) is 0.908. The first-order valence-corrected chi connectivity index (χ1v) is 8.79. The predicted octanol–water partition coefficient (Wildman–Crippen LogP) is 2.39. The number of nitrogens with one attached hydrogen (secondary N) is 1. The van der Waals surface area contributed by atoms with Crippen LogP contribution in [0.5, 0.6) is 0 Å². The van der Waals surface area contributed by atoms with Crippen molar-refractivity contribution in [3.63, 3.8) is 0 Å². The van der Waals surface area contributed by atoms with Crippen LogP contribution < -0.4 is 10.7 Å². The molecule has 1 saturated heterocycles. The molecule has 2 heterocycles. The third-order valence-electron chi connectivity index (χ3n) is 4.60. The Hall–Kier alpha value is -2.40. The third-order valence-corrected chi connectivity index (χ3v) is 4.60. The summed E-state index contributed by atoms with van der Waals surface area (Å²) < 4.78 is 5.35. The number of carbonyl (C=O) groups excluding carboxylic acids is 1. The van der Waals surface area contributed by atoms with Crippen molar-refractivity contribution < 1.29 is 9.21 Å². The molecule has 1 aromatic carbocycles. The lowest BCUT2D eigenvalue weighted by atomic mass is 10.0. The molecule has 132 valence electrons. The number of hydrogen-bond donors (Lipinski definition) is 1. The summed E-state index contributed by atoms with van der Waals surface area (Å²) in [5.41, 5.74) is 1.15. The van der Waals surface area contributed by atoms with Gasteiger partial charge in [-0.15, -0.1) is 0 Å². The number of piperidine rings is 1. The van der Waals surface area contributed by atoms with Crippen molar-refractivity contribution in [2.24, 2.45) is 0 Å². The summed E-state index contributed by atoms with van der Waals surface area (Å²) in [5, 5.41) is 2.99. The molecule has 1 amide bonds. The number of benzene rings is 1. The molecule has 5 heteroatoms. The molecule has 0 spiro atoms. The second kappa shape index (κ2) is 8.12. The standard InChI is InChI=1S/C20H24N2O3/c1-15-13-18(23)14-19(25-15)20(24)21-17-8-11-22(12-9-17)10-7-16-5-3-2-4-6-16/h2-6,13-14,17H,7-12H2,1H3,(H,21,24). The van der Waals surface area contributed by atoms with Gasteiger partial charge in [-0.25, -0.2) is 0 Å². The number of carbonyl (C=O) groups is 1. The molecule has 1 aliphatic rings. The number of hydrogen-bond acceptors (Lipinski definition) is 4. The smallest absolute Gasteiger partial charge is 0.287 e. The number of amides is 1. The van der Waals surface area contributed by atoms with E-state index >= 15 is 0 Å². The van der Waals surface area contributed by atoms with Crippen molar-refractivity contribution in [3.05, 3.63) is 69.8 Å². The highest BCUT2D eigenvalue weighted by atomic mass is 16.3.